The summed E-state index contributed by atoms with van der Waals surface area (Å²) >= 11 is 0. The zero-order valence-corrected chi connectivity index (χ0v) is 10.5. The third-order valence-corrected chi connectivity index (χ3v) is 1.43. The van der Waals surface area contributed by atoms with E-state index in [-0.39, 0.29) is 32.7 Å². The van der Waals surface area contributed by atoms with Crippen molar-refractivity contribution in [2.24, 2.45) is 0 Å². The van der Waals surface area contributed by atoms with E-state index in [1.54, 1.807) is 13.1 Å². The number of aromatic nitrogens is 1. The quantitative estimate of drug-likeness (QED) is 0.651. The first-order chi connectivity index (χ1) is 5.97. The Labute approximate surface area is 104 Å². The molecule has 65 valence electrons. The first kappa shape index (κ1) is 12.7. The second kappa shape index (κ2) is 7.17. The number of pyridine rings is 1. The largest absolute Gasteiger partial charge is 0.352 e. The minimum atomic E-state index is 0. The van der Waals surface area contributed by atoms with Crippen LogP contribution in [0.2, 0.25) is 0 Å². The molecule has 0 fully saturated rings. The summed E-state index contributed by atoms with van der Waals surface area (Å²) in [5.41, 5.74) is 1.00. The fourth-order valence-corrected chi connectivity index (χ4v) is 0.953. The van der Waals surface area contributed by atoms with Crippen LogP contribution in [-0.2, 0) is 32.7 Å². The average Bonchev–Trinajstić information content (AvgIpc) is 2.21. The van der Waals surface area contributed by atoms with Gasteiger partial charge in [0.05, 0.1) is 0 Å². The van der Waals surface area contributed by atoms with Gasteiger partial charge in [0, 0.05) is 32.7 Å². The van der Waals surface area contributed by atoms with Crippen molar-refractivity contribution in [1.29, 1.82) is 0 Å². The van der Waals surface area contributed by atoms with Crippen LogP contribution in [0.15, 0.2) is 36.5 Å². The molecule has 1 heterocycles. The van der Waals surface area contributed by atoms with Crippen molar-refractivity contribution in [2.75, 3.05) is 0 Å². The molecule has 0 atom stereocenters. The predicted octanol–water partition coefficient (Wildman–Crippen LogP) is 2.87. The summed E-state index contributed by atoms with van der Waals surface area (Å²) in [6.45, 7) is 5.00. The molecule has 0 saturated heterocycles. The molecule has 1 aromatic carbocycles. The maximum absolute atomic E-state index is 4.15. The number of rotatable bonds is 0. The maximum Gasteiger partial charge on any atom is 0 e. The summed E-state index contributed by atoms with van der Waals surface area (Å²) in [6.07, 6.45) is 1.75. The molecule has 2 heteroatoms. The van der Waals surface area contributed by atoms with Gasteiger partial charge < -0.3 is 11.9 Å². The van der Waals surface area contributed by atoms with Crippen LogP contribution in [0.25, 0.3) is 10.9 Å². The van der Waals surface area contributed by atoms with E-state index < -0.39 is 0 Å². The molecule has 0 amide bonds. The van der Waals surface area contributed by atoms with Gasteiger partial charge in [-0.15, -0.1) is 29.7 Å². The van der Waals surface area contributed by atoms with E-state index >= 15 is 0 Å². The van der Waals surface area contributed by atoms with Crippen LogP contribution < -0.4 is 0 Å². The molecule has 0 aliphatic carbocycles. The summed E-state index contributed by atoms with van der Waals surface area (Å²) < 4.78 is 0. The van der Waals surface area contributed by atoms with Crippen LogP contribution >= 0.6 is 0 Å². The molecular weight excluding hydrogens is 235 g/mol. The van der Waals surface area contributed by atoms with Crippen molar-refractivity contribution in [3.63, 3.8) is 0 Å². The molecule has 1 nitrogen and oxygen atoms in total. The van der Waals surface area contributed by atoms with Gasteiger partial charge in [-0.1, -0.05) is 18.3 Å². The second-order valence-electron chi connectivity index (χ2n) is 2.11. The fraction of sp³-hybridized carbons (Fsp3) is 0.0909. The molecule has 0 unspecified atom stereocenters. The van der Waals surface area contributed by atoms with Gasteiger partial charge in [0.15, 0.2) is 0 Å². The minimum absolute atomic E-state index is 0. The summed E-state index contributed by atoms with van der Waals surface area (Å²) in [6, 6.07) is 12.9. The molecule has 1 radical (unpaired) electrons. The normalized spacial score (nSPS) is 8.15. The standard InChI is InChI=1S/C9H6N.C2H5.Y/c1-2-6-9-8(4-1)5-3-7-10-9;1-2;/h1-4,6-7H;1H2,2H3;/q2*-1;. The van der Waals surface area contributed by atoms with Gasteiger partial charge in [-0.2, -0.15) is 6.92 Å². The fourth-order valence-electron chi connectivity index (χ4n) is 0.953. The van der Waals surface area contributed by atoms with Crippen LogP contribution in [0.4, 0.5) is 0 Å². The van der Waals surface area contributed by atoms with E-state index in [1.807, 2.05) is 30.3 Å². The molecule has 0 spiro atoms. The van der Waals surface area contributed by atoms with Gasteiger partial charge in [0.25, 0.3) is 0 Å². The molecule has 0 aliphatic heterocycles. The third-order valence-electron chi connectivity index (χ3n) is 1.43. The zero-order chi connectivity index (χ0) is 8.81. The van der Waals surface area contributed by atoms with Crippen LogP contribution in [0.3, 0.4) is 0 Å². The molecule has 13 heavy (non-hydrogen) atoms. The van der Waals surface area contributed by atoms with Crippen molar-refractivity contribution in [2.45, 2.75) is 6.92 Å². The second-order valence-corrected chi connectivity index (χ2v) is 2.11. The predicted molar refractivity (Wildman–Crippen MR) is 51.6 cm³/mol. The first-order valence-electron chi connectivity index (χ1n) is 3.89. The average molecular weight is 246 g/mol. The third kappa shape index (κ3) is 3.54. The number of nitrogens with zero attached hydrogens (tertiary/aromatic N) is 1. The van der Waals surface area contributed by atoms with Crippen LogP contribution in [-0.4, -0.2) is 4.98 Å². The minimum Gasteiger partial charge on any atom is -0.352 e. The van der Waals surface area contributed by atoms with E-state index in [0.29, 0.717) is 0 Å². The van der Waals surface area contributed by atoms with E-state index in [9.17, 15) is 0 Å². The van der Waals surface area contributed by atoms with Crippen LogP contribution in [0.5, 0.6) is 0 Å². The molecular formula is C11H11NY-2. The Hall–Kier alpha value is -0.266. The summed E-state index contributed by atoms with van der Waals surface area (Å²) in [7, 11) is 0. The van der Waals surface area contributed by atoms with E-state index in [2.05, 4.69) is 18.0 Å². The number of benzene rings is 1. The number of hydrogen-bond acceptors (Lipinski definition) is 1. The van der Waals surface area contributed by atoms with Crippen LogP contribution in [0, 0.1) is 13.0 Å². The maximum atomic E-state index is 4.15. The van der Waals surface area contributed by atoms with Gasteiger partial charge in [-0.05, 0) is 5.52 Å². The van der Waals surface area contributed by atoms with Gasteiger partial charge in [-0.25, -0.2) is 0 Å². The Kier molecular flexibility index (Phi) is 7.02. The van der Waals surface area contributed by atoms with Crippen LogP contribution in [0.1, 0.15) is 6.92 Å². The Morgan fingerprint density at radius 1 is 1.23 bits per heavy atom. The Morgan fingerprint density at radius 3 is 2.62 bits per heavy atom. The van der Waals surface area contributed by atoms with E-state index in [4.69, 9.17) is 0 Å². The number of hydrogen-bond donors (Lipinski definition) is 0. The molecule has 0 N–H and O–H groups in total. The van der Waals surface area contributed by atoms with Gasteiger partial charge in [-0.3, -0.25) is 0 Å². The monoisotopic (exact) mass is 246 g/mol. The zero-order valence-electron chi connectivity index (χ0n) is 7.70. The Bertz CT molecular complexity index is 281. The Morgan fingerprint density at radius 2 is 1.92 bits per heavy atom. The summed E-state index contributed by atoms with van der Waals surface area (Å²) in [4.78, 5) is 4.15. The summed E-state index contributed by atoms with van der Waals surface area (Å²) in [5.74, 6) is 0. The van der Waals surface area contributed by atoms with E-state index in [0.717, 1.165) is 10.9 Å². The van der Waals surface area contributed by atoms with Gasteiger partial charge >= 0.3 is 0 Å². The van der Waals surface area contributed by atoms with Crippen molar-refractivity contribution < 1.29 is 32.7 Å². The topological polar surface area (TPSA) is 12.9 Å². The van der Waals surface area contributed by atoms with Crippen molar-refractivity contribution in [3.05, 3.63) is 49.5 Å². The van der Waals surface area contributed by atoms with E-state index in [1.165, 1.54) is 0 Å². The summed E-state index contributed by atoms with van der Waals surface area (Å²) in [5, 5.41) is 1.07. The number of para-hydroxylation sites is 1. The molecule has 0 bridgehead atoms. The van der Waals surface area contributed by atoms with Gasteiger partial charge in [0.2, 0.25) is 0 Å². The van der Waals surface area contributed by atoms with Gasteiger partial charge in [0.1, 0.15) is 0 Å². The first-order valence-corrected chi connectivity index (χ1v) is 3.89. The smallest absolute Gasteiger partial charge is 0 e. The molecule has 0 saturated carbocycles. The van der Waals surface area contributed by atoms with Crippen molar-refractivity contribution >= 4 is 10.9 Å². The molecule has 1 aromatic heterocycles. The SMILES string of the molecule is [CH2-]C.[Y].[c-]1ccnc2ccccc12. The van der Waals surface area contributed by atoms with Crippen molar-refractivity contribution in [3.8, 4) is 0 Å². The van der Waals surface area contributed by atoms with Crippen molar-refractivity contribution in [1.82, 2.24) is 4.98 Å². The Balaban J connectivity index is 0.000000451. The molecule has 2 aromatic rings. The molecule has 2 rings (SSSR count). The number of fused-ring (bicyclic) bond motifs is 1. The molecule has 0 aliphatic rings.